The number of aromatic nitrogens is 2. The van der Waals surface area contributed by atoms with Gasteiger partial charge in [0.15, 0.2) is 11.5 Å². The average Bonchev–Trinajstić information content (AvgIpc) is 3.25. The van der Waals surface area contributed by atoms with Gasteiger partial charge in [-0.3, -0.25) is 9.89 Å². The SMILES string of the molecule is CCCN1C(=O)c2[nH]nc(-c3ccc(C)cc3)c2[C@@H]1c1ccc(O)c(OCC)c1. The number of rotatable bonds is 6. The Morgan fingerprint density at radius 2 is 1.93 bits per heavy atom. The van der Waals surface area contributed by atoms with Crippen molar-refractivity contribution in [1.82, 2.24) is 15.1 Å². The number of nitrogens with one attached hydrogen (secondary N) is 1. The van der Waals surface area contributed by atoms with Crippen LogP contribution in [0.25, 0.3) is 11.3 Å². The Bertz CT molecular complexity index is 1040. The maximum Gasteiger partial charge on any atom is 0.273 e. The van der Waals surface area contributed by atoms with Crippen molar-refractivity contribution in [1.29, 1.82) is 0 Å². The number of phenolic OH excluding ortho intramolecular Hbond substituents is 1. The molecule has 6 heteroatoms. The largest absolute Gasteiger partial charge is 0.504 e. The van der Waals surface area contributed by atoms with E-state index < -0.39 is 0 Å². The van der Waals surface area contributed by atoms with E-state index in [1.54, 1.807) is 6.07 Å². The van der Waals surface area contributed by atoms with E-state index in [9.17, 15) is 9.90 Å². The lowest BCUT2D eigenvalue weighted by molar-refractivity contribution is 0.0743. The van der Waals surface area contributed by atoms with Crippen LogP contribution < -0.4 is 4.74 Å². The molecule has 0 unspecified atom stereocenters. The number of benzene rings is 2. The lowest BCUT2D eigenvalue weighted by Gasteiger charge is -2.26. The Balaban J connectivity index is 1.87. The third-order valence-electron chi connectivity index (χ3n) is 5.25. The molecular formula is C23H25N3O3. The first-order chi connectivity index (χ1) is 14.0. The zero-order valence-electron chi connectivity index (χ0n) is 16.9. The van der Waals surface area contributed by atoms with E-state index in [1.807, 2.05) is 55.1 Å². The molecule has 3 aromatic rings. The fraction of sp³-hybridized carbons (Fsp3) is 0.304. The molecule has 0 aliphatic carbocycles. The van der Waals surface area contributed by atoms with Crippen molar-refractivity contribution in [3.8, 4) is 22.8 Å². The Labute approximate surface area is 170 Å². The summed E-state index contributed by atoms with van der Waals surface area (Å²) in [5, 5.41) is 17.6. The number of hydrogen-bond acceptors (Lipinski definition) is 4. The minimum atomic E-state index is -0.285. The molecule has 1 atom stereocenters. The summed E-state index contributed by atoms with van der Waals surface area (Å²) in [6.07, 6.45) is 0.843. The van der Waals surface area contributed by atoms with E-state index >= 15 is 0 Å². The van der Waals surface area contributed by atoms with Gasteiger partial charge >= 0.3 is 0 Å². The molecule has 4 rings (SSSR count). The topological polar surface area (TPSA) is 78.5 Å². The van der Waals surface area contributed by atoms with Gasteiger partial charge in [-0.25, -0.2) is 0 Å². The summed E-state index contributed by atoms with van der Waals surface area (Å²) in [7, 11) is 0. The number of nitrogens with zero attached hydrogens (tertiary/aromatic N) is 2. The predicted molar refractivity (Wildman–Crippen MR) is 111 cm³/mol. The Kier molecular flexibility index (Phi) is 5.01. The number of hydrogen-bond donors (Lipinski definition) is 2. The number of carbonyl (C=O) groups is 1. The summed E-state index contributed by atoms with van der Waals surface area (Å²) in [5.41, 5.74) is 5.21. The molecule has 1 aliphatic rings. The van der Waals surface area contributed by atoms with Gasteiger partial charge in [-0.2, -0.15) is 5.10 Å². The summed E-state index contributed by atoms with van der Waals surface area (Å²) in [6, 6.07) is 13.1. The third kappa shape index (κ3) is 3.24. The molecule has 1 aromatic heterocycles. The highest BCUT2D eigenvalue weighted by atomic mass is 16.5. The van der Waals surface area contributed by atoms with Crippen LogP contribution in [0, 0.1) is 6.92 Å². The third-order valence-corrected chi connectivity index (χ3v) is 5.25. The molecule has 0 spiro atoms. The molecular weight excluding hydrogens is 366 g/mol. The molecule has 0 radical (unpaired) electrons. The zero-order chi connectivity index (χ0) is 20.5. The van der Waals surface area contributed by atoms with Gasteiger partial charge in [-0.1, -0.05) is 42.8 Å². The van der Waals surface area contributed by atoms with Crippen LogP contribution in [0.3, 0.4) is 0 Å². The normalized spacial score (nSPS) is 15.6. The second kappa shape index (κ2) is 7.62. The number of aryl methyl sites for hydroxylation is 1. The number of fused-ring (bicyclic) bond motifs is 1. The van der Waals surface area contributed by atoms with E-state index in [0.29, 0.717) is 24.6 Å². The van der Waals surface area contributed by atoms with Crippen molar-refractivity contribution >= 4 is 5.91 Å². The predicted octanol–water partition coefficient (Wildman–Crippen LogP) is 4.44. The second-order valence-electron chi connectivity index (χ2n) is 7.29. The number of amides is 1. The van der Waals surface area contributed by atoms with E-state index in [1.165, 1.54) is 5.56 Å². The number of aromatic hydroxyl groups is 1. The zero-order valence-corrected chi connectivity index (χ0v) is 16.9. The van der Waals surface area contributed by atoms with E-state index in [-0.39, 0.29) is 17.7 Å². The molecule has 29 heavy (non-hydrogen) atoms. The molecule has 6 nitrogen and oxygen atoms in total. The van der Waals surface area contributed by atoms with Gasteiger partial charge in [0, 0.05) is 17.7 Å². The minimum absolute atomic E-state index is 0.0521. The van der Waals surface area contributed by atoms with Crippen molar-refractivity contribution in [3.63, 3.8) is 0 Å². The maximum atomic E-state index is 13.1. The molecule has 2 heterocycles. The van der Waals surface area contributed by atoms with E-state index in [2.05, 4.69) is 17.1 Å². The first kappa shape index (κ1) is 19.1. The van der Waals surface area contributed by atoms with Crippen LogP contribution in [-0.4, -0.2) is 39.3 Å². The fourth-order valence-electron chi connectivity index (χ4n) is 3.92. The van der Waals surface area contributed by atoms with Crippen molar-refractivity contribution in [2.45, 2.75) is 33.2 Å². The van der Waals surface area contributed by atoms with Crippen molar-refractivity contribution in [2.24, 2.45) is 0 Å². The summed E-state index contributed by atoms with van der Waals surface area (Å²) in [6.45, 7) is 7.05. The lowest BCUT2D eigenvalue weighted by atomic mass is 9.95. The van der Waals surface area contributed by atoms with Crippen molar-refractivity contribution in [3.05, 3.63) is 64.8 Å². The van der Waals surface area contributed by atoms with Crippen LogP contribution in [0.4, 0.5) is 0 Å². The second-order valence-corrected chi connectivity index (χ2v) is 7.29. The first-order valence-corrected chi connectivity index (χ1v) is 9.97. The Hall–Kier alpha value is -3.28. The van der Waals surface area contributed by atoms with E-state index in [0.717, 1.165) is 28.8 Å². The molecule has 1 amide bonds. The van der Waals surface area contributed by atoms with Gasteiger partial charge < -0.3 is 14.7 Å². The van der Waals surface area contributed by atoms with Gasteiger partial charge in [0.1, 0.15) is 5.69 Å². The fourth-order valence-corrected chi connectivity index (χ4v) is 3.92. The molecule has 2 N–H and O–H groups in total. The highest BCUT2D eigenvalue weighted by Gasteiger charge is 2.41. The summed E-state index contributed by atoms with van der Waals surface area (Å²) >= 11 is 0. The highest BCUT2D eigenvalue weighted by molar-refractivity contribution is 6.00. The van der Waals surface area contributed by atoms with Crippen LogP contribution >= 0.6 is 0 Å². The van der Waals surface area contributed by atoms with Gasteiger partial charge in [0.2, 0.25) is 0 Å². The monoisotopic (exact) mass is 391 g/mol. The summed E-state index contributed by atoms with van der Waals surface area (Å²) in [4.78, 5) is 15.0. The Morgan fingerprint density at radius 3 is 2.62 bits per heavy atom. The van der Waals surface area contributed by atoms with Crippen LogP contribution in [0.2, 0.25) is 0 Å². The van der Waals surface area contributed by atoms with Gasteiger partial charge in [-0.05, 0) is 38.0 Å². The first-order valence-electron chi connectivity index (χ1n) is 9.97. The average molecular weight is 391 g/mol. The maximum absolute atomic E-state index is 13.1. The Morgan fingerprint density at radius 1 is 1.17 bits per heavy atom. The van der Waals surface area contributed by atoms with Crippen LogP contribution in [0.5, 0.6) is 11.5 Å². The molecule has 1 aliphatic heterocycles. The molecule has 150 valence electrons. The smallest absolute Gasteiger partial charge is 0.273 e. The van der Waals surface area contributed by atoms with Gasteiger partial charge in [0.05, 0.1) is 18.3 Å². The highest BCUT2D eigenvalue weighted by Crippen LogP contribution is 2.44. The molecule has 0 saturated carbocycles. The standard InChI is InChI=1S/C23H25N3O3/c1-4-12-26-22(16-10-11-17(27)18(13-16)29-5-2)19-20(24-25-21(19)23(26)28)15-8-6-14(3)7-9-15/h6-11,13,22,27H,4-5,12H2,1-3H3,(H,24,25)/t22-/m0/s1. The number of H-pyrrole nitrogens is 1. The number of ether oxygens (including phenoxy) is 1. The van der Waals surface area contributed by atoms with Crippen molar-refractivity contribution < 1.29 is 14.6 Å². The molecule has 0 saturated heterocycles. The number of aromatic amines is 1. The van der Waals surface area contributed by atoms with E-state index in [4.69, 9.17) is 4.74 Å². The minimum Gasteiger partial charge on any atom is -0.504 e. The quantitative estimate of drug-likeness (QED) is 0.651. The lowest BCUT2D eigenvalue weighted by Crippen LogP contribution is -2.30. The molecule has 2 aromatic carbocycles. The molecule has 0 fully saturated rings. The van der Waals surface area contributed by atoms with Gasteiger partial charge in [0.25, 0.3) is 5.91 Å². The van der Waals surface area contributed by atoms with Crippen molar-refractivity contribution in [2.75, 3.05) is 13.2 Å². The number of phenols is 1. The van der Waals surface area contributed by atoms with Crippen LogP contribution in [0.15, 0.2) is 42.5 Å². The van der Waals surface area contributed by atoms with Crippen LogP contribution in [0.1, 0.15) is 53.5 Å². The van der Waals surface area contributed by atoms with Crippen LogP contribution in [-0.2, 0) is 0 Å². The van der Waals surface area contributed by atoms with Gasteiger partial charge in [-0.15, -0.1) is 0 Å². The summed E-state index contributed by atoms with van der Waals surface area (Å²) < 4.78 is 5.58. The number of carbonyl (C=O) groups excluding carboxylic acids is 1. The molecule has 0 bridgehead atoms. The summed E-state index contributed by atoms with van der Waals surface area (Å²) in [5.74, 6) is 0.458.